The van der Waals surface area contributed by atoms with Gasteiger partial charge in [0, 0.05) is 17.5 Å². The Balaban J connectivity index is 1.32. The molecule has 2 aliphatic carbocycles. The summed E-state index contributed by atoms with van der Waals surface area (Å²) >= 11 is 0. The van der Waals surface area contributed by atoms with Crippen molar-refractivity contribution in [3.8, 4) is 11.1 Å². The SMILES string of the molecule is CCC1/C=C\C=C/C/N=C(/C)N1c1ccc2cc(-c3cc4c(c5ccccc35)C3C=CC=CC3C=C4)ccc2c1. The molecule has 0 radical (unpaired) electrons. The molecule has 1 heterocycles. The minimum absolute atomic E-state index is 0.271. The molecule has 196 valence electrons. The summed E-state index contributed by atoms with van der Waals surface area (Å²) < 4.78 is 0. The number of anilines is 1. The molecular weight excluding hydrogens is 484 g/mol. The molecule has 0 saturated heterocycles. The zero-order valence-electron chi connectivity index (χ0n) is 23.2. The first kappa shape index (κ1) is 24.6. The Kier molecular flexibility index (Phi) is 6.32. The smallest absolute Gasteiger partial charge is 0.101 e. The van der Waals surface area contributed by atoms with Crippen molar-refractivity contribution in [2.75, 3.05) is 11.4 Å². The van der Waals surface area contributed by atoms with E-state index in [1.807, 2.05) is 0 Å². The molecule has 0 N–H and O–H groups in total. The fraction of sp³-hybridized carbons (Fsp3) is 0.184. The molecule has 3 atom stereocenters. The molecule has 0 bridgehead atoms. The Morgan fingerprint density at radius 1 is 0.800 bits per heavy atom. The lowest BCUT2D eigenvalue weighted by Crippen LogP contribution is -2.37. The zero-order chi connectivity index (χ0) is 27.1. The van der Waals surface area contributed by atoms with Crippen LogP contribution in [0.1, 0.15) is 37.3 Å². The van der Waals surface area contributed by atoms with E-state index in [1.165, 1.54) is 49.5 Å². The highest BCUT2D eigenvalue weighted by Gasteiger charge is 2.27. The molecule has 0 fully saturated rings. The van der Waals surface area contributed by atoms with Crippen molar-refractivity contribution < 1.29 is 0 Å². The van der Waals surface area contributed by atoms with Crippen molar-refractivity contribution in [3.63, 3.8) is 0 Å². The monoisotopic (exact) mass is 518 g/mol. The van der Waals surface area contributed by atoms with Gasteiger partial charge in [0.1, 0.15) is 5.84 Å². The van der Waals surface area contributed by atoms with Crippen molar-refractivity contribution in [3.05, 3.63) is 133 Å². The highest BCUT2D eigenvalue weighted by Crippen LogP contribution is 2.45. The number of nitrogens with zero attached hydrogens (tertiary/aromatic N) is 2. The van der Waals surface area contributed by atoms with Crippen LogP contribution in [0, 0.1) is 5.92 Å². The summed E-state index contributed by atoms with van der Waals surface area (Å²) in [6.45, 7) is 5.07. The number of aliphatic imine (C=N–C) groups is 1. The number of benzene rings is 4. The lowest BCUT2D eigenvalue weighted by Gasteiger charge is -2.31. The van der Waals surface area contributed by atoms with E-state index >= 15 is 0 Å². The molecule has 2 nitrogen and oxygen atoms in total. The van der Waals surface area contributed by atoms with Crippen molar-refractivity contribution in [2.24, 2.45) is 10.9 Å². The van der Waals surface area contributed by atoms with Crippen LogP contribution in [0.15, 0.2) is 126 Å². The van der Waals surface area contributed by atoms with E-state index in [4.69, 9.17) is 4.99 Å². The van der Waals surface area contributed by atoms with E-state index in [0.717, 1.165) is 12.3 Å². The number of hydrogen-bond donors (Lipinski definition) is 0. The van der Waals surface area contributed by atoms with E-state index in [1.54, 1.807) is 0 Å². The molecule has 4 aromatic rings. The average molecular weight is 519 g/mol. The minimum Gasteiger partial charge on any atom is -0.323 e. The Hall–Kier alpha value is -4.43. The largest absolute Gasteiger partial charge is 0.323 e. The maximum absolute atomic E-state index is 4.83. The highest BCUT2D eigenvalue weighted by molar-refractivity contribution is 6.04. The fourth-order valence-electron chi connectivity index (χ4n) is 6.65. The molecule has 40 heavy (non-hydrogen) atoms. The Morgan fingerprint density at radius 3 is 2.50 bits per heavy atom. The number of amidine groups is 1. The van der Waals surface area contributed by atoms with E-state index in [-0.39, 0.29) is 6.04 Å². The van der Waals surface area contributed by atoms with Gasteiger partial charge in [0.2, 0.25) is 0 Å². The van der Waals surface area contributed by atoms with Crippen molar-refractivity contribution in [1.29, 1.82) is 0 Å². The van der Waals surface area contributed by atoms with Gasteiger partial charge in [-0.3, -0.25) is 4.99 Å². The Morgan fingerprint density at radius 2 is 1.60 bits per heavy atom. The van der Waals surface area contributed by atoms with Crippen LogP contribution >= 0.6 is 0 Å². The topological polar surface area (TPSA) is 15.6 Å². The molecule has 0 saturated carbocycles. The van der Waals surface area contributed by atoms with Gasteiger partial charge < -0.3 is 4.90 Å². The van der Waals surface area contributed by atoms with Gasteiger partial charge in [-0.1, -0.05) is 110 Å². The summed E-state index contributed by atoms with van der Waals surface area (Å²) in [4.78, 5) is 7.20. The number of allylic oxidation sites excluding steroid dienone is 7. The average Bonchev–Trinajstić information content (AvgIpc) is 3.09. The van der Waals surface area contributed by atoms with Crippen molar-refractivity contribution >= 4 is 39.1 Å². The first-order chi connectivity index (χ1) is 19.7. The van der Waals surface area contributed by atoms with Gasteiger partial charge in [-0.15, -0.1) is 0 Å². The number of rotatable bonds is 3. The summed E-state index contributed by atoms with van der Waals surface area (Å²) in [6.07, 6.45) is 23.4. The minimum atomic E-state index is 0.271. The van der Waals surface area contributed by atoms with Crippen LogP contribution in [0.2, 0.25) is 0 Å². The summed E-state index contributed by atoms with van der Waals surface area (Å²) in [6, 6.07) is 25.4. The summed E-state index contributed by atoms with van der Waals surface area (Å²) in [5.74, 6) is 1.89. The molecular formula is C38H34N2. The quantitative estimate of drug-likeness (QED) is 0.264. The highest BCUT2D eigenvalue weighted by atomic mass is 15.2. The van der Waals surface area contributed by atoms with E-state index < -0.39 is 0 Å². The summed E-state index contributed by atoms with van der Waals surface area (Å²) in [5, 5.41) is 5.18. The van der Waals surface area contributed by atoms with Crippen LogP contribution in [0.3, 0.4) is 0 Å². The third-order valence-corrected chi connectivity index (χ3v) is 8.64. The van der Waals surface area contributed by atoms with Gasteiger partial charge in [-0.05, 0) is 81.4 Å². The summed E-state index contributed by atoms with van der Waals surface area (Å²) in [7, 11) is 0. The molecule has 0 aromatic heterocycles. The third-order valence-electron chi connectivity index (χ3n) is 8.64. The second-order valence-electron chi connectivity index (χ2n) is 11.0. The first-order valence-corrected chi connectivity index (χ1v) is 14.5. The van der Waals surface area contributed by atoms with Gasteiger partial charge in [0.15, 0.2) is 0 Å². The molecule has 0 spiro atoms. The maximum atomic E-state index is 4.83. The second-order valence-corrected chi connectivity index (χ2v) is 11.0. The van der Waals surface area contributed by atoms with Crippen LogP contribution in [-0.4, -0.2) is 18.4 Å². The Bertz CT molecular complexity index is 1800. The van der Waals surface area contributed by atoms with Crippen LogP contribution < -0.4 is 4.90 Å². The first-order valence-electron chi connectivity index (χ1n) is 14.5. The van der Waals surface area contributed by atoms with Gasteiger partial charge in [-0.2, -0.15) is 0 Å². The van der Waals surface area contributed by atoms with Crippen LogP contribution in [0.4, 0.5) is 5.69 Å². The second kappa shape index (κ2) is 10.3. The third kappa shape index (κ3) is 4.25. The van der Waals surface area contributed by atoms with Gasteiger partial charge in [0.05, 0.1) is 12.6 Å². The molecule has 2 heteroatoms. The van der Waals surface area contributed by atoms with Crippen LogP contribution in [-0.2, 0) is 0 Å². The fourth-order valence-corrected chi connectivity index (χ4v) is 6.65. The van der Waals surface area contributed by atoms with Gasteiger partial charge >= 0.3 is 0 Å². The van der Waals surface area contributed by atoms with Gasteiger partial charge in [0.25, 0.3) is 0 Å². The van der Waals surface area contributed by atoms with Crippen molar-refractivity contribution in [2.45, 2.75) is 32.2 Å². The lowest BCUT2D eigenvalue weighted by atomic mass is 9.74. The normalized spacial score (nSPS) is 24.5. The van der Waals surface area contributed by atoms with E-state index in [2.05, 4.69) is 146 Å². The predicted octanol–water partition coefficient (Wildman–Crippen LogP) is 9.64. The van der Waals surface area contributed by atoms with Crippen LogP contribution in [0.5, 0.6) is 0 Å². The van der Waals surface area contributed by atoms with Crippen molar-refractivity contribution in [1.82, 2.24) is 0 Å². The van der Waals surface area contributed by atoms with E-state index in [9.17, 15) is 0 Å². The molecule has 7 rings (SSSR count). The predicted molar refractivity (Wildman–Crippen MR) is 173 cm³/mol. The lowest BCUT2D eigenvalue weighted by molar-refractivity contribution is 0.697. The Labute approximate surface area is 237 Å². The zero-order valence-corrected chi connectivity index (χ0v) is 23.2. The summed E-state index contributed by atoms with van der Waals surface area (Å²) in [5.41, 5.74) is 6.53. The standard InChI is InChI=1S/C38H34N2/c1-3-32-12-5-4-10-22-39-26(2)40(32)33-21-20-28-23-30(18-17-29(28)24-33)37-25-31-19-16-27-11-6-7-13-34(27)38(31)36-15-9-8-14-35(36)37/h4-21,23-25,27,32,34H,3,22H2,1-2H3/b10-4-,12-5-,39-26-. The molecule has 4 aromatic carbocycles. The maximum Gasteiger partial charge on any atom is 0.101 e. The molecule has 1 aliphatic heterocycles. The van der Waals surface area contributed by atoms with Crippen LogP contribution in [0.25, 0.3) is 38.7 Å². The molecule has 3 aliphatic rings. The van der Waals surface area contributed by atoms with E-state index in [0.29, 0.717) is 18.4 Å². The number of hydrogen-bond acceptors (Lipinski definition) is 2. The van der Waals surface area contributed by atoms with Gasteiger partial charge in [-0.25, -0.2) is 0 Å². The molecule has 3 unspecified atom stereocenters. The molecule has 0 amide bonds. The number of fused-ring (bicyclic) bond motifs is 6.